The Kier molecular flexibility index (Phi) is 4.81. The van der Waals surface area contributed by atoms with Gasteiger partial charge in [-0.15, -0.1) is 0 Å². The summed E-state index contributed by atoms with van der Waals surface area (Å²) in [5, 5.41) is 24.1. The molecule has 4 fully saturated rings. The van der Waals surface area contributed by atoms with Crippen LogP contribution < -0.4 is 0 Å². The molecule has 3 heterocycles. The lowest BCUT2D eigenvalue weighted by Crippen LogP contribution is -2.78. The molecule has 2 spiro atoms. The molecule has 5 aliphatic rings. The van der Waals surface area contributed by atoms with Gasteiger partial charge in [0, 0.05) is 36.2 Å². The van der Waals surface area contributed by atoms with Crippen LogP contribution in [0.15, 0.2) is 42.7 Å². The van der Waals surface area contributed by atoms with Gasteiger partial charge >= 0.3 is 0 Å². The van der Waals surface area contributed by atoms with Crippen molar-refractivity contribution < 1.29 is 23.7 Å². The second-order valence-electron chi connectivity index (χ2n) is 12.9. The number of halogens is 2. The Hall–Kier alpha value is -1.93. The number of nitrogens with zero attached hydrogens (tertiary/aromatic N) is 2. The van der Waals surface area contributed by atoms with Gasteiger partial charge in [0.15, 0.2) is 5.67 Å². The summed E-state index contributed by atoms with van der Waals surface area (Å²) in [6.07, 6.45) is 4.99. The molecular weight excluding hydrogens is 474 g/mol. The first kappa shape index (κ1) is 24.1. The molecule has 7 heteroatoms. The second-order valence-corrected chi connectivity index (χ2v) is 12.9. The molecule has 1 aromatic carbocycles. The standard InChI is InChI=1S/C30H36F2N2O3/c1-26-10-11-27(31)17-29(32)25(36)24(35)22(34(2)3)15-28(29)12-13-30(27,37-28)23(26)8-7-21(26)20-6-4-5-18-16-33-14-9-19(18)20/h4-7,9,14,16,22-25,35-36H,8,10-13,15,17H2,1-3H3/t22-,23?,24+,25-,26+,27?,28+,29?,30-/m0/s1. The summed E-state index contributed by atoms with van der Waals surface area (Å²) in [5.41, 5.74) is -4.58. The van der Waals surface area contributed by atoms with Gasteiger partial charge in [0.2, 0.25) is 0 Å². The fourth-order valence-electron chi connectivity index (χ4n) is 9.30. The maximum absolute atomic E-state index is 17.3. The zero-order valence-electron chi connectivity index (χ0n) is 21.8. The molecule has 2 aromatic rings. The highest BCUT2D eigenvalue weighted by Gasteiger charge is 2.82. The predicted molar refractivity (Wildman–Crippen MR) is 137 cm³/mol. The number of aliphatic hydroxyl groups is 2. The zero-order valence-corrected chi connectivity index (χ0v) is 21.8. The molecule has 7 rings (SSSR count). The summed E-state index contributed by atoms with van der Waals surface area (Å²) in [6, 6.07) is 7.83. The Morgan fingerprint density at radius 1 is 1.08 bits per heavy atom. The Morgan fingerprint density at radius 3 is 2.68 bits per heavy atom. The molecule has 2 saturated carbocycles. The number of alkyl halides is 2. The maximum atomic E-state index is 17.3. The van der Waals surface area contributed by atoms with E-state index in [4.69, 9.17) is 4.74 Å². The van der Waals surface area contributed by atoms with Gasteiger partial charge in [-0.2, -0.15) is 0 Å². The summed E-state index contributed by atoms with van der Waals surface area (Å²) >= 11 is 0. The van der Waals surface area contributed by atoms with Gasteiger partial charge in [-0.1, -0.05) is 31.2 Å². The van der Waals surface area contributed by atoms with Crippen LogP contribution in [0.4, 0.5) is 8.78 Å². The van der Waals surface area contributed by atoms with Gasteiger partial charge in [-0.25, -0.2) is 8.78 Å². The molecule has 198 valence electrons. The van der Waals surface area contributed by atoms with Gasteiger partial charge in [-0.05, 0) is 80.6 Å². The van der Waals surface area contributed by atoms with E-state index < -0.39 is 47.2 Å². The molecule has 5 nitrogen and oxygen atoms in total. The number of fused-ring (bicyclic) bond motifs is 2. The lowest BCUT2D eigenvalue weighted by Gasteiger charge is -2.65. The Labute approximate surface area is 216 Å². The van der Waals surface area contributed by atoms with E-state index in [0.29, 0.717) is 25.7 Å². The molecule has 3 aliphatic carbocycles. The Morgan fingerprint density at radius 2 is 1.89 bits per heavy atom. The number of hydrogen-bond acceptors (Lipinski definition) is 5. The number of likely N-dealkylation sites (N-methyl/N-ethyl adjacent to an activating group) is 1. The summed E-state index contributed by atoms with van der Waals surface area (Å²) in [6.45, 7) is 2.23. The van der Waals surface area contributed by atoms with Gasteiger partial charge in [0.25, 0.3) is 0 Å². The van der Waals surface area contributed by atoms with Crippen molar-refractivity contribution in [1.29, 1.82) is 0 Å². The minimum Gasteiger partial charge on any atom is -0.389 e. The van der Waals surface area contributed by atoms with E-state index in [0.717, 1.165) is 16.3 Å². The van der Waals surface area contributed by atoms with Crippen LogP contribution in [0.25, 0.3) is 16.3 Å². The van der Waals surface area contributed by atoms with Crippen molar-refractivity contribution in [3.8, 4) is 0 Å². The third-order valence-electron chi connectivity index (χ3n) is 11.2. The van der Waals surface area contributed by atoms with Crippen LogP contribution in [0.3, 0.4) is 0 Å². The lowest BCUT2D eigenvalue weighted by atomic mass is 9.51. The minimum atomic E-state index is -2.32. The molecular formula is C30H36F2N2O3. The largest absolute Gasteiger partial charge is 0.389 e. The van der Waals surface area contributed by atoms with E-state index in [1.807, 2.05) is 43.5 Å². The van der Waals surface area contributed by atoms with E-state index in [2.05, 4.69) is 30.1 Å². The van der Waals surface area contributed by atoms with Gasteiger partial charge < -0.3 is 19.8 Å². The summed E-state index contributed by atoms with van der Waals surface area (Å²) in [7, 11) is 3.64. The van der Waals surface area contributed by atoms with Crippen molar-refractivity contribution in [2.75, 3.05) is 14.1 Å². The number of ether oxygens (including phenoxy) is 1. The number of pyridine rings is 1. The van der Waals surface area contributed by atoms with Gasteiger partial charge in [-0.3, -0.25) is 4.98 Å². The van der Waals surface area contributed by atoms with Crippen molar-refractivity contribution in [1.82, 2.24) is 9.88 Å². The average Bonchev–Trinajstić information content (AvgIpc) is 3.42. The molecule has 2 aliphatic heterocycles. The highest BCUT2D eigenvalue weighted by molar-refractivity contribution is 5.95. The molecule has 2 bridgehead atoms. The summed E-state index contributed by atoms with van der Waals surface area (Å²) < 4.78 is 41.0. The number of hydrogen-bond donors (Lipinski definition) is 2. The number of aromatic nitrogens is 1. The van der Waals surface area contributed by atoms with E-state index in [9.17, 15) is 10.2 Å². The quantitative estimate of drug-likeness (QED) is 0.618. The smallest absolute Gasteiger partial charge is 0.171 e. The monoisotopic (exact) mass is 510 g/mol. The van der Waals surface area contributed by atoms with Crippen molar-refractivity contribution in [2.45, 2.75) is 92.7 Å². The second kappa shape index (κ2) is 7.38. The van der Waals surface area contributed by atoms with Crippen LogP contribution in [0, 0.1) is 11.3 Å². The van der Waals surface area contributed by atoms with E-state index in [-0.39, 0.29) is 24.2 Å². The predicted octanol–water partition coefficient (Wildman–Crippen LogP) is 4.60. The van der Waals surface area contributed by atoms with E-state index in [1.165, 1.54) is 5.57 Å². The van der Waals surface area contributed by atoms with Crippen molar-refractivity contribution in [3.05, 3.63) is 48.3 Å². The van der Waals surface area contributed by atoms with Crippen LogP contribution in [0.1, 0.15) is 57.4 Å². The average molecular weight is 511 g/mol. The highest BCUT2D eigenvalue weighted by Crippen LogP contribution is 2.74. The number of allylic oxidation sites excluding steroid dienone is 2. The molecule has 1 aromatic heterocycles. The first-order valence-corrected chi connectivity index (χ1v) is 13.6. The third-order valence-corrected chi connectivity index (χ3v) is 11.2. The molecule has 37 heavy (non-hydrogen) atoms. The maximum Gasteiger partial charge on any atom is 0.171 e. The molecule has 2 N–H and O–H groups in total. The molecule has 2 saturated heterocycles. The first-order chi connectivity index (χ1) is 17.5. The number of benzene rings is 1. The van der Waals surface area contributed by atoms with Crippen LogP contribution in [-0.2, 0) is 4.74 Å². The molecule has 0 amide bonds. The van der Waals surface area contributed by atoms with Crippen molar-refractivity contribution in [2.24, 2.45) is 11.3 Å². The fraction of sp³-hybridized carbons (Fsp3) is 0.633. The number of aliphatic hydroxyl groups excluding tert-OH is 2. The fourth-order valence-corrected chi connectivity index (χ4v) is 9.30. The molecule has 0 radical (unpaired) electrons. The lowest BCUT2D eigenvalue weighted by molar-refractivity contribution is -0.347. The minimum absolute atomic E-state index is 0.128. The SMILES string of the molecule is CN(C)[C@H]1C[C@@]23CC[C@]4(O2)C2CC=C(c5cccc6cnccc56)[C@@]2(C)CCC4(F)CC3(F)[C@@H](O)[C@@H]1O. The zero-order chi connectivity index (χ0) is 26.0. The topological polar surface area (TPSA) is 65.8 Å². The summed E-state index contributed by atoms with van der Waals surface area (Å²) in [5.74, 6) is -0.128. The van der Waals surface area contributed by atoms with Gasteiger partial charge in [0.1, 0.15) is 23.0 Å². The first-order valence-electron chi connectivity index (χ1n) is 13.6. The van der Waals surface area contributed by atoms with Crippen LogP contribution in [0.2, 0.25) is 0 Å². The van der Waals surface area contributed by atoms with Crippen molar-refractivity contribution >= 4 is 16.3 Å². The van der Waals surface area contributed by atoms with E-state index >= 15 is 8.78 Å². The molecule has 9 atom stereocenters. The van der Waals surface area contributed by atoms with E-state index in [1.54, 1.807) is 0 Å². The van der Waals surface area contributed by atoms with Crippen LogP contribution in [0.5, 0.6) is 0 Å². The Bertz CT molecular complexity index is 1310. The molecule has 3 unspecified atom stereocenters. The van der Waals surface area contributed by atoms with Crippen molar-refractivity contribution in [3.63, 3.8) is 0 Å². The normalized spacial score (nSPS) is 48.5. The Balaban J connectivity index is 1.32. The third kappa shape index (κ3) is 2.74. The van der Waals surface area contributed by atoms with Crippen LogP contribution in [-0.4, -0.2) is 75.0 Å². The summed E-state index contributed by atoms with van der Waals surface area (Å²) in [4.78, 5) is 6.10. The van der Waals surface area contributed by atoms with Gasteiger partial charge in [0.05, 0.1) is 6.10 Å². The number of rotatable bonds is 2. The highest BCUT2D eigenvalue weighted by atomic mass is 19.2. The van der Waals surface area contributed by atoms with Crippen LogP contribution >= 0.6 is 0 Å².